The summed E-state index contributed by atoms with van der Waals surface area (Å²) in [7, 11) is 0. The largest absolute Gasteiger partial charge is 0.490 e. The monoisotopic (exact) mass is 378 g/mol. The molecular weight excluding hydrogens is 355 g/mol. The van der Waals surface area contributed by atoms with Crippen LogP contribution in [0.1, 0.15) is 12.0 Å². The van der Waals surface area contributed by atoms with E-state index in [1.54, 1.807) is 12.1 Å². The average Bonchev–Trinajstić information content (AvgIpc) is 2.63. The molecule has 0 saturated carbocycles. The van der Waals surface area contributed by atoms with Crippen molar-refractivity contribution in [3.8, 4) is 5.75 Å². The summed E-state index contributed by atoms with van der Waals surface area (Å²) in [5.74, 6) is 0.596. The topological polar surface area (TPSA) is 15.7 Å². The molecule has 134 valence electrons. The Labute approximate surface area is 160 Å². The second kappa shape index (κ2) is 9.44. The first-order chi connectivity index (χ1) is 12.2. The molecule has 1 fully saturated rings. The molecule has 5 heteroatoms. The Morgan fingerprint density at radius 3 is 2.12 bits per heavy atom. The van der Waals surface area contributed by atoms with E-state index in [9.17, 15) is 0 Å². The van der Waals surface area contributed by atoms with E-state index in [4.69, 9.17) is 27.9 Å². The van der Waals surface area contributed by atoms with E-state index in [0.717, 1.165) is 45.7 Å². The number of hydrogen-bond acceptors (Lipinski definition) is 3. The van der Waals surface area contributed by atoms with Crippen LogP contribution in [0.2, 0.25) is 10.0 Å². The molecule has 3 nitrogen and oxygen atoms in total. The summed E-state index contributed by atoms with van der Waals surface area (Å²) in [6.45, 7) is 7.18. The molecule has 1 aliphatic rings. The molecule has 0 N–H and O–H groups in total. The van der Waals surface area contributed by atoms with Gasteiger partial charge in [0, 0.05) is 39.3 Å². The molecule has 2 aromatic rings. The van der Waals surface area contributed by atoms with Crippen molar-refractivity contribution in [2.45, 2.75) is 13.0 Å². The first-order valence-corrected chi connectivity index (χ1v) is 9.53. The molecule has 0 unspecified atom stereocenters. The van der Waals surface area contributed by atoms with Gasteiger partial charge in [0.15, 0.2) is 5.75 Å². The Morgan fingerprint density at radius 2 is 1.44 bits per heavy atom. The average molecular weight is 379 g/mol. The maximum Gasteiger partial charge on any atom is 0.156 e. The predicted octanol–water partition coefficient (Wildman–Crippen LogP) is 4.58. The molecule has 0 amide bonds. The molecular formula is C20H24Cl2N2O. The molecule has 25 heavy (non-hydrogen) atoms. The van der Waals surface area contributed by atoms with E-state index >= 15 is 0 Å². The third-order valence-corrected chi connectivity index (χ3v) is 5.09. The number of benzene rings is 2. The van der Waals surface area contributed by atoms with Crippen LogP contribution in [0.3, 0.4) is 0 Å². The van der Waals surface area contributed by atoms with Crippen LogP contribution in [0.15, 0.2) is 48.5 Å². The minimum atomic E-state index is 0.571. The molecule has 2 aromatic carbocycles. The normalized spacial score (nSPS) is 16.1. The van der Waals surface area contributed by atoms with Crippen LogP contribution < -0.4 is 4.74 Å². The zero-order valence-corrected chi connectivity index (χ0v) is 15.8. The van der Waals surface area contributed by atoms with Gasteiger partial charge >= 0.3 is 0 Å². The van der Waals surface area contributed by atoms with E-state index < -0.39 is 0 Å². The summed E-state index contributed by atoms with van der Waals surface area (Å²) in [6.07, 6.45) is 0.972. The Hall–Kier alpha value is -1.26. The van der Waals surface area contributed by atoms with Crippen LogP contribution in [0.5, 0.6) is 5.75 Å². The fourth-order valence-corrected chi connectivity index (χ4v) is 3.60. The number of halogens is 2. The van der Waals surface area contributed by atoms with E-state index in [1.807, 2.05) is 6.07 Å². The van der Waals surface area contributed by atoms with Crippen LogP contribution in [0, 0.1) is 0 Å². The van der Waals surface area contributed by atoms with Crippen LogP contribution in [0.25, 0.3) is 0 Å². The summed E-state index contributed by atoms with van der Waals surface area (Å²) in [5.41, 5.74) is 1.39. The molecule has 3 rings (SSSR count). The molecule has 1 heterocycles. The summed E-state index contributed by atoms with van der Waals surface area (Å²) in [4.78, 5) is 5.02. The van der Waals surface area contributed by atoms with Crippen molar-refractivity contribution < 1.29 is 4.74 Å². The van der Waals surface area contributed by atoms with Crippen molar-refractivity contribution in [2.75, 3.05) is 39.3 Å². The fourth-order valence-electron chi connectivity index (χ4n) is 3.10. The van der Waals surface area contributed by atoms with Gasteiger partial charge in [-0.3, -0.25) is 4.90 Å². The van der Waals surface area contributed by atoms with Crippen LogP contribution in [-0.4, -0.2) is 49.1 Å². The third kappa shape index (κ3) is 5.61. The van der Waals surface area contributed by atoms with Gasteiger partial charge in [-0.1, -0.05) is 59.6 Å². The van der Waals surface area contributed by atoms with Gasteiger partial charge in [0.1, 0.15) is 0 Å². The van der Waals surface area contributed by atoms with Crippen molar-refractivity contribution in [3.63, 3.8) is 0 Å². The SMILES string of the molecule is Clc1cccc(Cl)c1OCCCN1CCN(Cc2ccccc2)CC1. The molecule has 0 bridgehead atoms. The summed E-state index contributed by atoms with van der Waals surface area (Å²) in [5, 5.41) is 1.14. The minimum absolute atomic E-state index is 0.571. The molecule has 0 atom stereocenters. The highest BCUT2D eigenvalue weighted by Gasteiger charge is 2.16. The lowest BCUT2D eigenvalue weighted by molar-refractivity contribution is 0.121. The fraction of sp³-hybridized carbons (Fsp3) is 0.400. The summed E-state index contributed by atoms with van der Waals surface area (Å²) in [6, 6.07) is 16.1. The van der Waals surface area contributed by atoms with E-state index in [0.29, 0.717) is 22.4 Å². The summed E-state index contributed by atoms with van der Waals surface area (Å²) < 4.78 is 5.76. The number of ether oxygens (including phenoxy) is 1. The van der Waals surface area contributed by atoms with Crippen molar-refractivity contribution >= 4 is 23.2 Å². The first kappa shape index (κ1) is 18.5. The molecule has 0 aliphatic carbocycles. The molecule has 1 saturated heterocycles. The quantitative estimate of drug-likeness (QED) is 0.655. The second-order valence-electron chi connectivity index (χ2n) is 6.36. The summed E-state index contributed by atoms with van der Waals surface area (Å²) >= 11 is 12.2. The van der Waals surface area contributed by atoms with Gasteiger partial charge in [0.05, 0.1) is 16.7 Å². The Kier molecular flexibility index (Phi) is 7.00. The van der Waals surface area contributed by atoms with Crippen molar-refractivity contribution in [1.29, 1.82) is 0 Å². The molecule has 0 aromatic heterocycles. The maximum atomic E-state index is 6.11. The maximum absolute atomic E-state index is 6.11. The van der Waals surface area contributed by atoms with Gasteiger partial charge in [-0.25, -0.2) is 0 Å². The van der Waals surface area contributed by atoms with Crippen LogP contribution >= 0.6 is 23.2 Å². The molecule has 1 aliphatic heterocycles. The number of nitrogens with zero attached hydrogens (tertiary/aromatic N) is 2. The third-order valence-electron chi connectivity index (χ3n) is 4.50. The number of piperazine rings is 1. The lowest BCUT2D eigenvalue weighted by atomic mass is 10.2. The lowest BCUT2D eigenvalue weighted by Gasteiger charge is -2.34. The van der Waals surface area contributed by atoms with Gasteiger partial charge in [0.2, 0.25) is 0 Å². The van der Waals surface area contributed by atoms with Gasteiger partial charge in [0.25, 0.3) is 0 Å². The second-order valence-corrected chi connectivity index (χ2v) is 7.17. The number of para-hydroxylation sites is 1. The molecule has 0 spiro atoms. The van der Waals surface area contributed by atoms with Gasteiger partial charge in [-0.15, -0.1) is 0 Å². The zero-order chi connectivity index (χ0) is 17.5. The Balaban J connectivity index is 1.34. The number of rotatable bonds is 7. The lowest BCUT2D eigenvalue weighted by Crippen LogP contribution is -2.46. The Morgan fingerprint density at radius 1 is 0.800 bits per heavy atom. The minimum Gasteiger partial charge on any atom is -0.490 e. The number of hydrogen-bond donors (Lipinski definition) is 0. The highest BCUT2D eigenvalue weighted by molar-refractivity contribution is 6.37. The van der Waals surface area contributed by atoms with Crippen molar-refractivity contribution in [1.82, 2.24) is 9.80 Å². The van der Waals surface area contributed by atoms with Crippen LogP contribution in [0.4, 0.5) is 0 Å². The molecule has 0 radical (unpaired) electrons. The van der Waals surface area contributed by atoms with E-state index in [1.165, 1.54) is 5.56 Å². The van der Waals surface area contributed by atoms with Crippen molar-refractivity contribution in [2.24, 2.45) is 0 Å². The van der Waals surface area contributed by atoms with Gasteiger partial charge in [-0.2, -0.15) is 0 Å². The van der Waals surface area contributed by atoms with Gasteiger partial charge < -0.3 is 9.64 Å². The van der Waals surface area contributed by atoms with Gasteiger partial charge in [-0.05, 0) is 24.1 Å². The smallest absolute Gasteiger partial charge is 0.156 e. The van der Waals surface area contributed by atoms with E-state index in [2.05, 4.69) is 40.1 Å². The Bertz CT molecular complexity index is 638. The van der Waals surface area contributed by atoms with E-state index in [-0.39, 0.29) is 0 Å². The van der Waals surface area contributed by atoms with Crippen molar-refractivity contribution in [3.05, 3.63) is 64.1 Å². The zero-order valence-electron chi connectivity index (χ0n) is 14.3. The highest BCUT2D eigenvalue weighted by Crippen LogP contribution is 2.32. The first-order valence-electron chi connectivity index (χ1n) is 8.78. The predicted molar refractivity (Wildman–Crippen MR) is 105 cm³/mol. The van der Waals surface area contributed by atoms with Crippen LogP contribution in [-0.2, 0) is 6.54 Å². The standard InChI is InChI=1S/C20H24Cl2N2O/c21-18-8-4-9-19(22)20(18)25-15-5-10-23-11-13-24(14-12-23)16-17-6-2-1-3-7-17/h1-4,6-9H,5,10-16H2. The highest BCUT2D eigenvalue weighted by atomic mass is 35.5.